The first-order valence-electron chi connectivity index (χ1n) is 10.6. The smallest absolute Gasteiger partial charge is 0.338 e. The quantitative estimate of drug-likeness (QED) is 0.452. The number of carbonyl (C=O) groups excluding carboxylic acids is 1. The van der Waals surface area contributed by atoms with Crippen LogP contribution >= 0.6 is 0 Å². The lowest BCUT2D eigenvalue weighted by atomic mass is 9.91. The minimum atomic E-state index is -0.505. The first-order chi connectivity index (χ1) is 14.8. The van der Waals surface area contributed by atoms with E-state index in [0.29, 0.717) is 5.56 Å². The van der Waals surface area contributed by atoms with E-state index in [-0.39, 0.29) is 12.0 Å². The molecular weight excluding hydrogens is 384 g/mol. The molecular formula is C27H28N2O2. The number of aliphatic imine (C=N–C) groups is 1. The minimum Gasteiger partial charge on any atom is -0.456 e. The highest BCUT2D eigenvalue weighted by atomic mass is 16.6. The van der Waals surface area contributed by atoms with Gasteiger partial charge < -0.3 is 9.64 Å². The summed E-state index contributed by atoms with van der Waals surface area (Å²) in [7, 11) is 0. The van der Waals surface area contributed by atoms with Crippen molar-refractivity contribution in [3.8, 4) is 0 Å². The molecule has 0 saturated carbocycles. The summed E-state index contributed by atoms with van der Waals surface area (Å²) in [5.74, 6) is 0.741. The zero-order chi connectivity index (χ0) is 22.0. The predicted octanol–water partition coefficient (Wildman–Crippen LogP) is 6.63. The zero-order valence-electron chi connectivity index (χ0n) is 18.5. The van der Waals surface area contributed by atoms with E-state index in [4.69, 9.17) is 9.73 Å². The molecule has 4 nitrogen and oxygen atoms in total. The van der Waals surface area contributed by atoms with Gasteiger partial charge in [0.05, 0.1) is 17.3 Å². The molecule has 1 saturated heterocycles. The number of hydrogen-bond donors (Lipinski definition) is 0. The third-order valence-corrected chi connectivity index (χ3v) is 5.22. The Morgan fingerprint density at radius 2 is 1.58 bits per heavy atom. The fourth-order valence-electron chi connectivity index (χ4n) is 3.66. The molecule has 0 amide bonds. The van der Waals surface area contributed by atoms with E-state index in [9.17, 15) is 4.79 Å². The molecule has 3 aromatic carbocycles. The van der Waals surface area contributed by atoms with Crippen molar-refractivity contribution in [2.24, 2.45) is 4.99 Å². The van der Waals surface area contributed by atoms with Gasteiger partial charge in [-0.25, -0.2) is 9.79 Å². The van der Waals surface area contributed by atoms with Crippen molar-refractivity contribution in [1.29, 1.82) is 0 Å². The molecule has 1 unspecified atom stereocenters. The monoisotopic (exact) mass is 412 g/mol. The normalized spacial score (nSPS) is 17.4. The highest BCUT2D eigenvalue weighted by molar-refractivity contribution is 6.06. The van der Waals surface area contributed by atoms with Gasteiger partial charge in [0, 0.05) is 12.1 Å². The topological polar surface area (TPSA) is 41.9 Å². The molecule has 0 radical (unpaired) electrons. The van der Waals surface area contributed by atoms with E-state index in [1.807, 2.05) is 75.4 Å². The highest BCUT2D eigenvalue weighted by Gasteiger charge is 2.36. The average Bonchev–Trinajstić information content (AvgIpc) is 2.72. The number of carbonyl (C=O) groups is 1. The second-order valence-corrected chi connectivity index (χ2v) is 8.91. The molecule has 4 rings (SSSR count). The predicted molar refractivity (Wildman–Crippen MR) is 126 cm³/mol. The number of ether oxygens (including phenoxy) is 1. The number of para-hydroxylation sites is 1. The molecule has 1 aliphatic rings. The van der Waals surface area contributed by atoms with Gasteiger partial charge >= 0.3 is 5.97 Å². The SMILES string of the molecule is Cc1ccc(N2/C(=N/c3ccccc3)CC2c2ccc(C(=O)OC(C)(C)C)cc2)cc1. The number of rotatable bonds is 4. The van der Waals surface area contributed by atoms with Crippen molar-refractivity contribution in [2.45, 2.75) is 45.8 Å². The fraction of sp³-hybridized carbons (Fsp3) is 0.259. The maximum absolute atomic E-state index is 12.3. The molecule has 3 aromatic rings. The van der Waals surface area contributed by atoms with Crippen molar-refractivity contribution in [1.82, 2.24) is 0 Å². The van der Waals surface area contributed by atoms with Gasteiger partial charge in [-0.05, 0) is 69.7 Å². The van der Waals surface area contributed by atoms with Crippen molar-refractivity contribution in [3.05, 3.63) is 95.6 Å². The Bertz CT molecular complexity index is 1080. The summed E-state index contributed by atoms with van der Waals surface area (Å²) < 4.78 is 5.48. The van der Waals surface area contributed by atoms with Crippen molar-refractivity contribution >= 4 is 23.2 Å². The van der Waals surface area contributed by atoms with Crippen LogP contribution in [-0.2, 0) is 4.74 Å². The molecule has 1 fully saturated rings. The molecule has 0 bridgehead atoms. The molecule has 0 N–H and O–H groups in total. The van der Waals surface area contributed by atoms with Gasteiger partial charge in [-0.1, -0.05) is 48.0 Å². The summed E-state index contributed by atoms with van der Waals surface area (Å²) in [6.45, 7) is 7.72. The Morgan fingerprint density at radius 3 is 2.19 bits per heavy atom. The molecule has 1 aliphatic heterocycles. The molecule has 0 aromatic heterocycles. The second kappa shape index (κ2) is 8.38. The average molecular weight is 413 g/mol. The lowest BCUT2D eigenvalue weighted by Gasteiger charge is -2.44. The summed E-state index contributed by atoms with van der Waals surface area (Å²) in [5, 5.41) is 0. The Morgan fingerprint density at radius 1 is 0.935 bits per heavy atom. The Hall–Kier alpha value is -3.40. The van der Waals surface area contributed by atoms with Crippen LogP contribution in [0.5, 0.6) is 0 Å². The van der Waals surface area contributed by atoms with Crippen molar-refractivity contribution in [2.75, 3.05) is 4.90 Å². The van der Waals surface area contributed by atoms with E-state index >= 15 is 0 Å². The van der Waals surface area contributed by atoms with Gasteiger partial charge in [0.15, 0.2) is 0 Å². The molecule has 158 valence electrons. The van der Waals surface area contributed by atoms with Gasteiger partial charge in [-0.15, -0.1) is 0 Å². The van der Waals surface area contributed by atoms with Gasteiger partial charge in [-0.3, -0.25) is 0 Å². The summed E-state index contributed by atoms with van der Waals surface area (Å²) in [6, 6.07) is 26.5. The Labute approximate surface area is 184 Å². The number of benzene rings is 3. The van der Waals surface area contributed by atoms with Crippen LogP contribution in [0.3, 0.4) is 0 Å². The number of hydrogen-bond acceptors (Lipinski definition) is 3. The zero-order valence-corrected chi connectivity index (χ0v) is 18.5. The molecule has 1 atom stereocenters. The van der Waals surface area contributed by atoms with Crippen LogP contribution in [-0.4, -0.2) is 17.4 Å². The number of nitrogens with zero attached hydrogens (tertiary/aromatic N) is 2. The lowest BCUT2D eigenvalue weighted by Crippen LogP contribution is -2.46. The van der Waals surface area contributed by atoms with Crippen LogP contribution in [0, 0.1) is 6.92 Å². The number of esters is 1. The highest BCUT2D eigenvalue weighted by Crippen LogP contribution is 2.40. The third-order valence-electron chi connectivity index (χ3n) is 5.22. The maximum atomic E-state index is 12.3. The molecule has 31 heavy (non-hydrogen) atoms. The lowest BCUT2D eigenvalue weighted by molar-refractivity contribution is 0.00695. The van der Waals surface area contributed by atoms with E-state index in [1.165, 1.54) is 5.56 Å². The van der Waals surface area contributed by atoms with Crippen LogP contribution in [0.4, 0.5) is 11.4 Å². The van der Waals surface area contributed by atoms with Crippen LogP contribution in [0.1, 0.15) is 54.7 Å². The van der Waals surface area contributed by atoms with Gasteiger partial charge in [-0.2, -0.15) is 0 Å². The molecule has 0 spiro atoms. The Balaban J connectivity index is 1.60. The number of aryl methyl sites for hydroxylation is 1. The van der Waals surface area contributed by atoms with Gasteiger partial charge in [0.25, 0.3) is 0 Å². The van der Waals surface area contributed by atoms with Crippen LogP contribution in [0.2, 0.25) is 0 Å². The number of anilines is 1. The molecule has 1 heterocycles. The van der Waals surface area contributed by atoms with E-state index in [1.54, 1.807) is 0 Å². The first-order valence-corrected chi connectivity index (χ1v) is 10.6. The van der Waals surface area contributed by atoms with Gasteiger partial charge in [0.1, 0.15) is 11.4 Å². The third kappa shape index (κ3) is 4.85. The van der Waals surface area contributed by atoms with E-state index in [2.05, 4.69) is 36.1 Å². The summed E-state index contributed by atoms with van der Waals surface area (Å²) in [6.07, 6.45) is 0.842. The Kier molecular flexibility index (Phi) is 5.64. The standard InChI is InChI=1S/C27H28N2O2/c1-19-10-16-23(17-11-19)29-24(18-25(29)28-22-8-6-5-7-9-22)20-12-14-21(15-13-20)26(30)31-27(2,3)4/h5-17,24H,18H2,1-4H3/b28-25+. The number of amidine groups is 1. The minimum absolute atomic E-state index is 0.179. The summed E-state index contributed by atoms with van der Waals surface area (Å²) >= 11 is 0. The maximum Gasteiger partial charge on any atom is 0.338 e. The molecule has 0 aliphatic carbocycles. The van der Waals surface area contributed by atoms with E-state index < -0.39 is 5.60 Å². The second-order valence-electron chi connectivity index (χ2n) is 8.91. The van der Waals surface area contributed by atoms with Crippen LogP contribution in [0.15, 0.2) is 83.9 Å². The fourth-order valence-corrected chi connectivity index (χ4v) is 3.66. The largest absolute Gasteiger partial charge is 0.456 e. The molecule has 4 heteroatoms. The van der Waals surface area contributed by atoms with Crippen LogP contribution in [0.25, 0.3) is 0 Å². The summed E-state index contributed by atoms with van der Waals surface area (Å²) in [5.41, 5.74) is 4.51. The van der Waals surface area contributed by atoms with Crippen molar-refractivity contribution < 1.29 is 9.53 Å². The first kappa shape index (κ1) is 20.9. The van der Waals surface area contributed by atoms with Gasteiger partial charge in [0.2, 0.25) is 0 Å². The summed E-state index contributed by atoms with van der Waals surface area (Å²) in [4.78, 5) is 19.5. The van der Waals surface area contributed by atoms with E-state index in [0.717, 1.165) is 29.2 Å². The van der Waals surface area contributed by atoms with Crippen LogP contribution < -0.4 is 4.90 Å². The van der Waals surface area contributed by atoms with Crippen molar-refractivity contribution in [3.63, 3.8) is 0 Å².